The minimum atomic E-state index is -0.204. The SMILES string of the molecule is CCc1nnc(NC(=O)CSc2nnc(-c3ccc(O)cc3)n2-c2ccc(OC)cc2)s1. The zero-order chi connectivity index (χ0) is 22.5. The number of aryl methyl sites for hydroxylation is 1. The molecule has 11 heteroatoms. The number of hydrogen-bond donors (Lipinski definition) is 2. The number of phenols is 1. The number of anilines is 1. The number of aromatic nitrogens is 5. The third kappa shape index (κ3) is 4.89. The molecular weight excluding hydrogens is 448 g/mol. The summed E-state index contributed by atoms with van der Waals surface area (Å²) in [6, 6.07) is 14.2. The predicted molar refractivity (Wildman–Crippen MR) is 124 cm³/mol. The van der Waals surface area contributed by atoms with Gasteiger partial charge in [-0.3, -0.25) is 14.7 Å². The van der Waals surface area contributed by atoms with E-state index in [0.717, 1.165) is 28.4 Å². The average Bonchev–Trinajstić information content (AvgIpc) is 3.45. The first-order chi connectivity index (χ1) is 15.6. The summed E-state index contributed by atoms with van der Waals surface area (Å²) in [6.45, 7) is 1.99. The lowest BCUT2D eigenvalue weighted by Crippen LogP contribution is -2.14. The number of carbonyl (C=O) groups is 1. The average molecular weight is 469 g/mol. The molecule has 0 spiro atoms. The van der Waals surface area contributed by atoms with Crippen LogP contribution in [0.4, 0.5) is 5.13 Å². The van der Waals surface area contributed by atoms with Crippen LogP contribution >= 0.6 is 23.1 Å². The fourth-order valence-corrected chi connectivity index (χ4v) is 4.30. The Balaban J connectivity index is 1.59. The molecule has 2 aromatic carbocycles. The molecular formula is C21H20N6O3S2. The van der Waals surface area contributed by atoms with E-state index in [1.807, 2.05) is 35.8 Å². The molecule has 0 fully saturated rings. The Kier molecular flexibility index (Phi) is 6.66. The predicted octanol–water partition coefficient (Wildman–Crippen LogP) is 3.79. The van der Waals surface area contributed by atoms with Crippen LogP contribution in [0, 0.1) is 0 Å². The third-order valence-electron chi connectivity index (χ3n) is 4.44. The summed E-state index contributed by atoms with van der Waals surface area (Å²) >= 11 is 2.62. The van der Waals surface area contributed by atoms with Crippen LogP contribution in [-0.2, 0) is 11.2 Å². The van der Waals surface area contributed by atoms with Crippen LogP contribution in [-0.4, -0.2) is 48.8 Å². The standard InChI is InChI=1S/C21H20N6O3S2/c1-3-18-23-25-20(32-18)22-17(29)12-31-21-26-24-19(13-4-8-15(28)9-5-13)27(21)14-6-10-16(30-2)11-7-14/h4-11,28H,3,12H2,1-2H3,(H,22,25,29). The Morgan fingerprint density at radius 1 is 1.09 bits per heavy atom. The van der Waals surface area contributed by atoms with E-state index in [-0.39, 0.29) is 17.4 Å². The Bertz CT molecular complexity index is 1210. The highest BCUT2D eigenvalue weighted by molar-refractivity contribution is 7.99. The van der Waals surface area contributed by atoms with Gasteiger partial charge in [-0.1, -0.05) is 30.0 Å². The van der Waals surface area contributed by atoms with Crippen molar-refractivity contribution in [1.82, 2.24) is 25.0 Å². The van der Waals surface area contributed by atoms with Gasteiger partial charge in [-0.25, -0.2) is 0 Å². The van der Waals surface area contributed by atoms with Crippen LogP contribution in [0.15, 0.2) is 53.7 Å². The number of thioether (sulfide) groups is 1. The third-order valence-corrected chi connectivity index (χ3v) is 6.35. The second-order valence-corrected chi connectivity index (χ2v) is 8.58. The van der Waals surface area contributed by atoms with Crippen molar-refractivity contribution in [1.29, 1.82) is 0 Å². The normalized spacial score (nSPS) is 10.8. The zero-order valence-corrected chi connectivity index (χ0v) is 19.0. The van der Waals surface area contributed by atoms with Gasteiger partial charge < -0.3 is 9.84 Å². The lowest BCUT2D eigenvalue weighted by atomic mass is 10.2. The molecule has 0 aliphatic heterocycles. The van der Waals surface area contributed by atoms with Gasteiger partial charge in [0.1, 0.15) is 16.5 Å². The van der Waals surface area contributed by atoms with Gasteiger partial charge in [0.15, 0.2) is 11.0 Å². The number of rotatable bonds is 8. The number of phenolic OH excluding ortho intramolecular Hbond substituents is 1. The molecule has 2 aromatic heterocycles. The summed E-state index contributed by atoms with van der Waals surface area (Å²) in [5, 5.41) is 30.9. The second kappa shape index (κ2) is 9.79. The molecule has 0 radical (unpaired) electrons. The molecule has 0 atom stereocenters. The van der Waals surface area contributed by atoms with Crippen molar-refractivity contribution in [2.45, 2.75) is 18.5 Å². The van der Waals surface area contributed by atoms with Gasteiger partial charge in [-0.15, -0.1) is 20.4 Å². The van der Waals surface area contributed by atoms with Crippen molar-refractivity contribution < 1.29 is 14.6 Å². The van der Waals surface area contributed by atoms with Crippen LogP contribution in [0.25, 0.3) is 17.1 Å². The van der Waals surface area contributed by atoms with Crippen LogP contribution in [0.3, 0.4) is 0 Å². The van der Waals surface area contributed by atoms with Gasteiger partial charge in [-0.05, 0) is 55.0 Å². The highest BCUT2D eigenvalue weighted by Gasteiger charge is 2.18. The van der Waals surface area contributed by atoms with E-state index in [9.17, 15) is 9.90 Å². The fraction of sp³-hybridized carbons (Fsp3) is 0.190. The number of nitrogens with one attached hydrogen (secondary N) is 1. The van der Waals surface area contributed by atoms with Crippen LogP contribution in [0.1, 0.15) is 11.9 Å². The van der Waals surface area contributed by atoms with Gasteiger partial charge in [0.2, 0.25) is 11.0 Å². The number of hydrogen-bond acceptors (Lipinski definition) is 9. The number of nitrogens with zero attached hydrogens (tertiary/aromatic N) is 5. The Morgan fingerprint density at radius 3 is 2.50 bits per heavy atom. The van der Waals surface area contributed by atoms with E-state index in [1.165, 1.54) is 23.1 Å². The molecule has 0 bridgehead atoms. The second-order valence-electron chi connectivity index (χ2n) is 6.58. The molecule has 1 amide bonds. The number of amides is 1. The lowest BCUT2D eigenvalue weighted by Gasteiger charge is -2.11. The van der Waals surface area contributed by atoms with E-state index in [1.54, 1.807) is 31.4 Å². The van der Waals surface area contributed by atoms with Gasteiger partial charge in [-0.2, -0.15) is 0 Å². The first-order valence-corrected chi connectivity index (χ1v) is 11.5. The number of methoxy groups -OCH3 is 1. The van der Waals surface area contributed by atoms with E-state index in [4.69, 9.17) is 4.74 Å². The molecule has 9 nitrogen and oxygen atoms in total. The number of ether oxygens (including phenoxy) is 1. The summed E-state index contributed by atoms with van der Waals surface area (Å²) < 4.78 is 7.12. The molecule has 4 aromatic rings. The Hall–Kier alpha value is -3.44. The topological polar surface area (TPSA) is 115 Å². The molecule has 0 aliphatic carbocycles. The largest absolute Gasteiger partial charge is 0.508 e. The summed E-state index contributed by atoms with van der Waals surface area (Å²) in [5.74, 6) is 1.41. The zero-order valence-electron chi connectivity index (χ0n) is 17.3. The Morgan fingerprint density at radius 2 is 1.84 bits per heavy atom. The monoisotopic (exact) mass is 468 g/mol. The molecule has 164 valence electrons. The van der Waals surface area contributed by atoms with Gasteiger partial charge in [0.05, 0.1) is 12.9 Å². The van der Waals surface area contributed by atoms with Crippen molar-refractivity contribution in [3.8, 4) is 28.6 Å². The van der Waals surface area contributed by atoms with Crippen molar-refractivity contribution in [2.24, 2.45) is 0 Å². The fourth-order valence-electron chi connectivity index (χ4n) is 2.86. The van der Waals surface area contributed by atoms with Crippen molar-refractivity contribution in [2.75, 3.05) is 18.2 Å². The smallest absolute Gasteiger partial charge is 0.236 e. The van der Waals surface area contributed by atoms with Crippen LogP contribution < -0.4 is 10.1 Å². The minimum Gasteiger partial charge on any atom is -0.508 e. The summed E-state index contributed by atoms with van der Waals surface area (Å²) in [7, 11) is 1.61. The highest BCUT2D eigenvalue weighted by atomic mass is 32.2. The summed E-state index contributed by atoms with van der Waals surface area (Å²) in [5.41, 5.74) is 1.60. The number of carbonyl (C=O) groups excluding carboxylic acids is 1. The van der Waals surface area contributed by atoms with Crippen LogP contribution in [0.2, 0.25) is 0 Å². The van der Waals surface area contributed by atoms with Crippen molar-refractivity contribution in [3.63, 3.8) is 0 Å². The first kappa shape index (κ1) is 21.8. The molecule has 0 saturated heterocycles. The maximum atomic E-state index is 12.4. The molecule has 2 N–H and O–H groups in total. The molecule has 4 rings (SSSR count). The minimum absolute atomic E-state index is 0.130. The molecule has 0 aliphatic rings. The van der Waals surface area contributed by atoms with Gasteiger partial charge >= 0.3 is 0 Å². The molecule has 0 unspecified atom stereocenters. The van der Waals surface area contributed by atoms with Crippen molar-refractivity contribution in [3.05, 3.63) is 53.5 Å². The molecule has 2 heterocycles. The van der Waals surface area contributed by atoms with Crippen molar-refractivity contribution >= 4 is 34.1 Å². The first-order valence-electron chi connectivity index (χ1n) is 9.71. The quantitative estimate of drug-likeness (QED) is 0.375. The Labute approximate surface area is 192 Å². The van der Waals surface area contributed by atoms with Gasteiger partial charge in [0, 0.05) is 11.3 Å². The highest BCUT2D eigenvalue weighted by Crippen LogP contribution is 2.30. The summed E-state index contributed by atoms with van der Waals surface area (Å²) in [4.78, 5) is 12.4. The van der Waals surface area contributed by atoms with Gasteiger partial charge in [0.25, 0.3) is 0 Å². The van der Waals surface area contributed by atoms with E-state index in [2.05, 4.69) is 25.7 Å². The lowest BCUT2D eigenvalue weighted by molar-refractivity contribution is -0.113. The summed E-state index contributed by atoms with van der Waals surface area (Å²) in [6.07, 6.45) is 0.771. The number of benzene rings is 2. The maximum absolute atomic E-state index is 12.4. The maximum Gasteiger partial charge on any atom is 0.236 e. The molecule has 0 saturated carbocycles. The van der Waals surface area contributed by atoms with Crippen LogP contribution in [0.5, 0.6) is 11.5 Å². The number of aromatic hydroxyl groups is 1. The van der Waals surface area contributed by atoms with E-state index >= 15 is 0 Å². The van der Waals surface area contributed by atoms with E-state index in [0.29, 0.717) is 16.1 Å². The molecule has 32 heavy (non-hydrogen) atoms. The van der Waals surface area contributed by atoms with E-state index < -0.39 is 0 Å².